The quantitative estimate of drug-likeness (QED) is 0.787. The summed E-state index contributed by atoms with van der Waals surface area (Å²) in [5.41, 5.74) is 5.54. The van der Waals surface area contributed by atoms with Crippen molar-refractivity contribution in [2.75, 3.05) is 26.0 Å². The number of methoxy groups -OCH3 is 1. The average Bonchev–Trinajstić information content (AvgIpc) is 2.97. The first kappa shape index (κ1) is 17.5. The van der Waals surface area contributed by atoms with Crippen molar-refractivity contribution in [2.45, 2.75) is 24.5 Å². The molecule has 1 heterocycles. The topological polar surface area (TPSA) is 90.7 Å². The fourth-order valence-electron chi connectivity index (χ4n) is 2.42. The van der Waals surface area contributed by atoms with Crippen LogP contribution in [-0.2, 0) is 4.79 Å². The smallest absolute Gasteiger partial charge is 0.255 e. The third-order valence-corrected chi connectivity index (χ3v) is 5.26. The number of rotatable bonds is 7. The monoisotopic (exact) mass is 338 g/mol. The Balaban J connectivity index is 2.01. The van der Waals surface area contributed by atoms with Crippen molar-refractivity contribution in [3.05, 3.63) is 23.8 Å². The maximum absolute atomic E-state index is 12.3. The van der Waals surface area contributed by atoms with Crippen LogP contribution in [0, 0.1) is 0 Å². The standard InChI is InChI=1S/C16H22N2O4S/c1-16(6-3-7-23-16)10-18-15(20)11-4-5-12(13(8-11)21-2)22-9-14(17)19/h4-5,8H,3,6-7,9-10H2,1-2H3,(H2,17,19)(H,18,20). The van der Waals surface area contributed by atoms with Crippen LogP contribution < -0.4 is 20.5 Å². The van der Waals surface area contributed by atoms with E-state index in [2.05, 4.69) is 12.2 Å². The van der Waals surface area contributed by atoms with Gasteiger partial charge >= 0.3 is 0 Å². The molecule has 0 aromatic heterocycles. The largest absolute Gasteiger partial charge is 0.493 e. The molecule has 1 aliphatic heterocycles. The van der Waals surface area contributed by atoms with Gasteiger partial charge in [0.1, 0.15) is 0 Å². The highest BCUT2D eigenvalue weighted by molar-refractivity contribution is 8.00. The predicted molar refractivity (Wildman–Crippen MR) is 90.1 cm³/mol. The molecule has 126 valence electrons. The Hall–Kier alpha value is -1.89. The number of hydrogen-bond donors (Lipinski definition) is 2. The molecular formula is C16H22N2O4S. The van der Waals surface area contributed by atoms with Crippen LogP contribution in [0.4, 0.5) is 0 Å². The van der Waals surface area contributed by atoms with Crippen LogP contribution in [-0.4, -0.2) is 42.6 Å². The predicted octanol–water partition coefficient (Wildman–Crippen LogP) is 1.57. The van der Waals surface area contributed by atoms with Crippen molar-refractivity contribution in [1.82, 2.24) is 5.32 Å². The molecule has 0 spiro atoms. The number of hydrogen-bond acceptors (Lipinski definition) is 5. The highest BCUT2D eigenvalue weighted by Gasteiger charge is 2.29. The minimum absolute atomic E-state index is 0.115. The molecule has 1 aromatic rings. The van der Waals surface area contributed by atoms with Crippen LogP contribution in [0.25, 0.3) is 0 Å². The van der Waals surface area contributed by atoms with Gasteiger partial charge in [-0.25, -0.2) is 0 Å². The Morgan fingerprint density at radius 3 is 2.78 bits per heavy atom. The van der Waals surface area contributed by atoms with E-state index in [1.165, 1.54) is 13.5 Å². The van der Waals surface area contributed by atoms with Crippen LogP contribution in [0.5, 0.6) is 11.5 Å². The summed E-state index contributed by atoms with van der Waals surface area (Å²) in [5.74, 6) is 1.18. The Bertz CT molecular complexity index is 585. The van der Waals surface area contributed by atoms with E-state index in [9.17, 15) is 9.59 Å². The molecule has 0 bridgehead atoms. The summed E-state index contributed by atoms with van der Waals surface area (Å²) in [6.45, 7) is 2.57. The lowest BCUT2D eigenvalue weighted by molar-refractivity contribution is -0.119. The number of carbonyl (C=O) groups excluding carboxylic acids is 2. The molecule has 7 heteroatoms. The summed E-state index contributed by atoms with van der Waals surface area (Å²) in [4.78, 5) is 23.1. The zero-order chi connectivity index (χ0) is 16.9. The van der Waals surface area contributed by atoms with Crippen molar-refractivity contribution in [2.24, 2.45) is 5.73 Å². The molecule has 1 unspecified atom stereocenters. The van der Waals surface area contributed by atoms with Gasteiger partial charge in [0.25, 0.3) is 11.8 Å². The molecule has 3 N–H and O–H groups in total. The Labute approximate surface area is 140 Å². The highest BCUT2D eigenvalue weighted by Crippen LogP contribution is 2.37. The van der Waals surface area contributed by atoms with Crippen LogP contribution in [0.1, 0.15) is 30.1 Å². The minimum Gasteiger partial charge on any atom is -0.493 e. The maximum Gasteiger partial charge on any atom is 0.255 e. The molecule has 1 saturated heterocycles. The van der Waals surface area contributed by atoms with Crippen LogP contribution in [0.3, 0.4) is 0 Å². The van der Waals surface area contributed by atoms with E-state index < -0.39 is 5.91 Å². The number of nitrogens with one attached hydrogen (secondary N) is 1. The van der Waals surface area contributed by atoms with Gasteiger partial charge in [0.2, 0.25) is 0 Å². The van der Waals surface area contributed by atoms with Gasteiger partial charge in [0, 0.05) is 16.9 Å². The minimum atomic E-state index is -0.573. The van der Waals surface area contributed by atoms with Crippen molar-refractivity contribution < 1.29 is 19.1 Å². The van der Waals surface area contributed by atoms with Crippen molar-refractivity contribution in [3.63, 3.8) is 0 Å². The number of ether oxygens (including phenoxy) is 2. The fraction of sp³-hybridized carbons (Fsp3) is 0.500. The zero-order valence-electron chi connectivity index (χ0n) is 13.4. The Kier molecular flexibility index (Phi) is 5.76. The summed E-state index contributed by atoms with van der Waals surface area (Å²) in [7, 11) is 1.48. The number of primary amides is 1. The first-order chi connectivity index (χ1) is 10.9. The second-order valence-electron chi connectivity index (χ2n) is 5.71. The lowest BCUT2D eigenvalue weighted by Gasteiger charge is -2.23. The van der Waals surface area contributed by atoms with Crippen molar-refractivity contribution in [3.8, 4) is 11.5 Å². The third-order valence-electron chi connectivity index (χ3n) is 3.72. The summed E-state index contributed by atoms with van der Waals surface area (Å²) in [6.07, 6.45) is 2.30. The van der Waals surface area contributed by atoms with Crippen molar-refractivity contribution >= 4 is 23.6 Å². The van der Waals surface area contributed by atoms with Gasteiger partial charge in [-0.05, 0) is 43.7 Å². The second kappa shape index (κ2) is 7.59. The molecule has 1 atom stereocenters. The third kappa shape index (κ3) is 4.79. The van der Waals surface area contributed by atoms with Gasteiger partial charge in [0.05, 0.1) is 7.11 Å². The first-order valence-corrected chi connectivity index (χ1v) is 8.43. The average molecular weight is 338 g/mol. The molecule has 2 amide bonds. The van der Waals surface area contributed by atoms with E-state index in [4.69, 9.17) is 15.2 Å². The Morgan fingerprint density at radius 2 is 2.17 bits per heavy atom. The molecule has 0 aliphatic carbocycles. The molecular weight excluding hydrogens is 316 g/mol. The molecule has 6 nitrogen and oxygen atoms in total. The van der Waals surface area contributed by atoms with Gasteiger partial charge in [-0.1, -0.05) is 0 Å². The molecule has 2 rings (SSSR count). The SMILES string of the molecule is COc1cc(C(=O)NCC2(C)CCCS2)ccc1OCC(N)=O. The van der Waals surface area contributed by atoms with E-state index >= 15 is 0 Å². The van der Waals surface area contributed by atoms with E-state index in [-0.39, 0.29) is 17.3 Å². The van der Waals surface area contributed by atoms with E-state index in [1.807, 2.05) is 11.8 Å². The molecule has 0 saturated carbocycles. The lowest BCUT2D eigenvalue weighted by Crippen LogP contribution is -2.36. The molecule has 1 aliphatic rings. The van der Waals surface area contributed by atoms with E-state index in [1.54, 1.807) is 18.2 Å². The highest BCUT2D eigenvalue weighted by atomic mass is 32.2. The van der Waals surface area contributed by atoms with Gasteiger partial charge in [-0.15, -0.1) is 0 Å². The van der Waals surface area contributed by atoms with Crippen LogP contribution in [0.15, 0.2) is 18.2 Å². The number of nitrogens with two attached hydrogens (primary N) is 1. The van der Waals surface area contributed by atoms with Gasteiger partial charge < -0.3 is 20.5 Å². The van der Waals surface area contributed by atoms with Crippen LogP contribution in [0.2, 0.25) is 0 Å². The van der Waals surface area contributed by atoms with E-state index in [0.29, 0.717) is 23.6 Å². The summed E-state index contributed by atoms with van der Waals surface area (Å²) in [5, 5.41) is 2.97. The zero-order valence-corrected chi connectivity index (χ0v) is 14.2. The summed E-state index contributed by atoms with van der Waals surface area (Å²) >= 11 is 1.90. The van der Waals surface area contributed by atoms with Gasteiger partial charge in [-0.3, -0.25) is 9.59 Å². The van der Waals surface area contributed by atoms with Crippen LogP contribution >= 0.6 is 11.8 Å². The number of benzene rings is 1. The number of carbonyl (C=O) groups is 2. The maximum atomic E-state index is 12.3. The summed E-state index contributed by atoms with van der Waals surface area (Å²) < 4.78 is 10.6. The lowest BCUT2D eigenvalue weighted by atomic mass is 10.1. The molecule has 0 radical (unpaired) electrons. The fourth-order valence-corrected chi connectivity index (χ4v) is 3.67. The van der Waals surface area contributed by atoms with Gasteiger partial charge in [0.15, 0.2) is 18.1 Å². The number of amides is 2. The van der Waals surface area contributed by atoms with Gasteiger partial charge in [-0.2, -0.15) is 11.8 Å². The first-order valence-electron chi connectivity index (χ1n) is 7.45. The molecule has 1 fully saturated rings. The van der Waals surface area contributed by atoms with E-state index in [0.717, 1.165) is 12.2 Å². The normalized spacial score (nSPS) is 20.1. The summed E-state index contributed by atoms with van der Waals surface area (Å²) in [6, 6.07) is 4.83. The Morgan fingerprint density at radius 1 is 1.39 bits per heavy atom. The second-order valence-corrected chi connectivity index (χ2v) is 7.39. The van der Waals surface area contributed by atoms with Crippen molar-refractivity contribution in [1.29, 1.82) is 0 Å². The number of thioether (sulfide) groups is 1. The molecule has 1 aromatic carbocycles. The molecule has 23 heavy (non-hydrogen) atoms.